The lowest BCUT2D eigenvalue weighted by Gasteiger charge is -2.32. The van der Waals surface area contributed by atoms with E-state index in [1.165, 1.54) is 0 Å². The van der Waals surface area contributed by atoms with Gasteiger partial charge in [-0.1, -0.05) is 13.0 Å². The van der Waals surface area contributed by atoms with Gasteiger partial charge in [-0.05, 0) is 38.3 Å². The molecule has 0 spiro atoms. The molecular formula is C18H27N3O3. The Hall–Kier alpha value is -2.24. The van der Waals surface area contributed by atoms with Gasteiger partial charge in [-0.15, -0.1) is 0 Å². The van der Waals surface area contributed by atoms with Crippen molar-refractivity contribution in [3.63, 3.8) is 0 Å². The van der Waals surface area contributed by atoms with E-state index in [0.29, 0.717) is 24.5 Å². The Kier molecular flexibility index (Phi) is 6.46. The third-order valence-electron chi connectivity index (χ3n) is 4.40. The van der Waals surface area contributed by atoms with E-state index in [0.717, 1.165) is 19.3 Å². The molecule has 0 bridgehead atoms. The number of urea groups is 1. The first-order chi connectivity index (χ1) is 11.5. The number of carbonyl (C=O) groups is 2. The molecule has 2 N–H and O–H groups in total. The van der Waals surface area contributed by atoms with Crippen LogP contribution in [-0.2, 0) is 4.79 Å². The fraction of sp³-hybridized carbons (Fsp3) is 0.556. The standard InChI is InChI=1S/C18H27N3O3/c1-4-13(2)19-17(22)14-7-6-10-21(12-14)18(23)20-15-8-5-9-16(11-15)24-3/h5,8-9,11,13-14H,4,6-7,10,12H2,1-3H3,(H,19,22)(H,20,23). The van der Waals surface area contributed by atoms with Crippen molar-refractivity contribution < 1.29 is 14.3 Å². The summed E-state index contributed by atoms with van der Waals surface area (Å²) in [6.07, 6.45) is 2.56. The normalized spacial score (nSPS) is 18.6. The zero-order valence-corrected chi connectivity index (χ0v) is 14.7. The van der Waals surface area contributed by atoms with Gasteiger partial charge in [0.2, 0.25) is 5.91 Å². The lowest BCUT2D eigenvalue weighted by molar-refractivity contribution is -0.126. The molecule has 1 aromatic rings. The van der Waals surface area contributed by atoms with Crippen LogP contribution in [0.1, 0.15) is 33.1 Å². The first-order valence-corrected chi connectivity index (χ1v) is 8.53. The number of nitrogens with one attached hydrogen (secondary N) is 2. The maximum Gasteiger partial charge on any atom is 0.321 e. The highest BCUT2D eigenvalue weighted by Crippen LogP contribution is 2.20. The van der Waals surface area contributed by atoms with Gasteiger partial charge in [0.05, 0.1) is 13.0 Å². The average Bonchev–Trinajstić information content (AvgIpc) is 2.61. The van der Waals surface area contributed by atoms with Crippen LogP contribution in [0.5, 0.6) is 5.75 Å². The van der Waals surface area contributed by atoms with Gasteiger partial charge < -0.3 is 20.3 Å². The van der Waals surface area contributed by atoms with E-state index in [1.807, 2.05) is 32.0 Å². The van der Waals surface area contributed by atoms with Crippen LogP contribution in [0, 0.1) is 5.92 Å². The van der Waals surface area contributed by atoms with Crippen molar-refractivity contribution in [2.75, 3.05) is 25.5 Å². The maximum absolute atomic E-state index is 12.5. The molecule has 0 radical (unpaired) electrons. The molecule has 0 saturated carbocycles. The SMILES string of the molecule is CCC(C)NC(=O)C1CCCN(C(=O)Nc2cccc(OC)c2)C1. The van der Waals surface area contributed by atoms with Crippen molar-refractivity contribution in [2.45, 2.75) is 39.2 Å². The fourth-order valence-corrected chi connectivity index (χ4v) is 2.74. The molecule has 1 saturated heterocycles. The zero-order chi connectivity index (χ0) is 17.5. The van der Waals surface area contributed by atoms with Crippen LogP contribution in [0.2, 0.25) is 0 Å². The Bertz CT molecular complexity index is 576. The third-order valence-corrected chi connectivity index (χ3v) is 4.40. The summed E-state index contributed by atoms with van der Waals surface area (Å²) in [5.74, 6) is 0.601. The minimum absolute atomic E-state index is 0.0447. The molecule has 2 atom stereocenters. The quantitative estimate of drug-likeness (QED) is 0.870. The molecule has 0 aliphatic carbocycles. The number of likely N-dealkylation sites (tertiary alicyclic amines) is 1. The van der Waals surface area contributed by atoms with Gasteiger partial charge in [0.1, 0.15) is 5.75 Å². The van der Waals surface area contributed by atoms with Gasteiger partial charge in [0.25, 0.3) is 0 Å². The maximum atomic E-state index is 12.5. The van der Waals surface area contributed by atoms with Crippen molar-refractivity contribution >= 4 is 17.6 Å². The second-order valence-corrected chi connectivity index (χ2v) is 6.27. The number of amides is 3. The zero-order valence-electron chi connectivity index (χ0n) is 14.7. The Morgan fingerprint density at radius 1 is 1.42 bits per heavy atom. The average molecular weight is 333 g/mol. The molecule has 1 aliphatic heterocycles. The van der Waals surface area contributed by atoms with Crippen molar-refractivity contribution in [1.29, 1.82) is 0 Å². The van der Waals surface area contributed by atoms with Crippen LogP contribution in [-0.4, -0.2) is 43.1 Å². The van der Waals surface area contributed by atoms with Crippen LogP contribution < -0.4 is 15.4 Å². The molecule has 24 heavy (non-hydrogen) atoms. The highest BCUT2D eigenvalue weighted by atomic mass is 16.5. The topological polar surface area (TPSA) is 70.7 Å². The summed E-state index contributed by atoms with van der Waals surface area (Å²) >= 11 is 0. The minimum Gasteiger partial charge on any atom is -0.497 e. The summed E-state index contributed by atoms with van der Waals surface area (Å²) in [5, 5.41) is 5.88. The number of hydrogen-bond donors (Lipinski definition) is 2. The van der Waals surface area contributed by atoms with Crippen molar-refractivity contribution in [3.8, 4) is 5.75 Å². The van der Waals surface area contributed by atoms with Gasteiger partial charge in [0.15, 0.2) is 0 Å². The van der Waals surface area contributed by atoms with Crippen LogP contribution in [0.3, 0.4) is 0 Å². The lowest BCUT2D eigenvalue weighted by atomic mass is 9.97. The first kappa shape index (κ1) is 18.1. The van der Waals surface area contributed by atoms with Crippen LogP contribution in [0.15, 0.2) is 24.3 Å². The lowest BCUT2D eigenvalue weighted by Crippen LogP contribution is -2.48. The van der Waals surface area contributed by atoms with Crippen molar-refractivity contribution in [3.05, 3.63) is 24.3 Å². The Morgan fingerprint density at radius 3 is 2.92 bits per heavy atom. The van der Waals surface area contributed by atoms with Gasteiger partial charge in [0, 0.05) is 30.9 Å². The number of piperidine rings is 1. The van der Waals surface area contributed by atoms with E-state index in [1.54, 1.807) is 18.1 Å². The summed E-state index contributed by atoms with van der Waals surface area (Å²) in [4.78, 5) is 26.5. The number of hydrogen-bond acceptors (Lipinski definition) is 3. The van der Waals surface area contributed by atoms with Gasteiger partial charge in [-0.2, -0.15) is 0 Å². The molecule has 6 nitrogen and oxygen atoms in total. The van der Waals surface area contributed by atoms with Crippen LogP contribution in [0.25, 0.3) is 0 Å². The molecule has 1 heterocycles. The monoisotopic (exact) mass is 333 g/mol. The molecule has 3 amide bonds. The van der Waals surface area contributed by atoms with Gasteiger partial charge in [-0.25, -0.2) is 4.79 Å². The van der Waals surface area contributed by atoms with E-state index < -0.39 is 0 Å². The molecule has 1 aromatic carbocycles. The van der Waals surface area contributed by atoms with E-state index in [9.17, 15) is 9.59 Å². The molecule has 1 fully saturated rings. The number of nitrogens with zero attached hydrogens (tertiary/aromatic N) is 1. The molecule has 2 unspecified atom stereocenters. The van der Waals surface area contributed by atoms with Gasteiger partial charge >= 0.3 is 6.03 Å². The Labute approximate surface area is 143 Å². The number of carbonyl (C=O) groups excluding carboxylic acids is 2. The van der Waals surface area contributed by atoms with Crippen LogP contribution in [0.4, 0.5) is 10.5 Å². The molecule has 132 valence electrons. The Balaban J connectivity index is 1.93. The smallest absolute Gasteiger partial charge is 0.321 e. The largest absolute Gasteiger partial charge is 0.497 e. The summed E-state index contributed by atoms with van der Waals surface area (Å²) in [5.41, 5.74) is 0.686. The molecule has 6 heteroatoms. The summed E-state index contributed by atoms with van der Waals surface area (Å²) in [7, 11) is 1.59. The summed E-state index contributed by atoms with van der Waals surface area (Å²) in [6.45, 7) is 5.16. The third kappa shape index (κ3) is 4.88. The first-order valence-electron chi connectivity index (χ1n) is 8.53. The highest BCUT2D eigenvalue weighted by Gasteiger charge is 2.28. The van der Waals surface area contributed by atoms with E-state index in [4.69, 9.17) is 4.74 Å². The molecular weight excluding hydrogens is 306 g/mol. The predicted molar refractivity (Wildman–Crippen MR) is 94.2 cm³/mol. The van der Waals surface area contributed by atoms with E-state index >= 15 is 0 Å². The number of ether oxygens (including phenoxy) is 1. The Morgan fingerprint density at radius 2 is 2.21 bits per heavy atom. The number of methoxy groups -OCH3 is 1. The van der Waals surface area contributed by atoms with Gasteiger partial charge in [-0.3, -0.25) is 4.79 Å². The van der Waals surface area contributed by atoms with Crippen LogP contribution >= 0.6 is 0 Å². The number of rotatable bonds is 5. The fourth-order valence-electron chi connectivity index (χ4n) is 2.74. The summed E-state index contributed by atoms with van der Waals surface area (Å²) < 4.78 is 5.16. The number of anilines is 1. The highest BCUT2D eigenvalue weighted by molar-refractivity contribution is 5.90. The molecule has 0 aromatic heterocycles. The van der Waals surface area contributed by atoms with Crippen molar-refractivity contribution in [1.82, 2.24) is 10.2 Å². The summed E-state index contributed by atoms with van der Waals surface area (Å²) in [6, 6.07) is 7.23. The predicted octanol–water partition coefficient (Wildman–Crippen LogP) is 2.85. The van der Waals surface area contributed by atoms with E-state index in [-0.39, 0.29) is 23.9 Å². The van der Waals surface area contributed by atoms with Crippen molar-refractivity contribution in [2.24, 2.45) is 5.92 Å². The molecule has 2 rings (SSSR count). The minimum atomic E-state index is -0.177. The number of benzene rings is 1. The second kappa shape index (κ2) is 8.57. The van der Waals surface area contributed by atoms with E-state index in [2.05, 4.69) is 10.6 Å². The second-order valence-electron chi connectivity index (χ2n) is 6.27. The molecule has 1 aliphatic rings.